The molecular weight excluding hydrogens is 269 g/mol. The summed E-state index contributed by atoms with van der Waals surface area (Å²) in [7, 11) is 0. The predicted octanol–water partition coefficient (Wildman–Crippen LogP) is 2.11. The number of nitrogen functional groups attached to an aromatic ring is 1. The summed E-state index contributed by atoms with van der Waals surface area (Å²) in [5.74, 6) is -0.564. The van der Waals surface area contributed by atoms with Gasteiger partial charge in [-0.1, -0.05) is 6.42 Å². The maximum absolute atomic E-state index is 13.4. The van der Waals surface area contributed by atoms with Gasteiger partial charge in [-0.2, -0.15) is 0 Å². The van der Waals surface area contributed by atoms with Gasteiger partial charge in [0.05, 0.1) is 0 Å². The summed E-state index contributed by atoms with van der Waals surface area (Å²) in [5.41, 5.74) is 6.27. The number of carbonyl (C=O) groups excluding carboxylic acids is 1. The van der Waals surface area contributed by atoms with Gasteiger partial charge in [-0.05, 0) is 50.6 Å². The number of halogens is 1. The number of carbonyl (C=O) groups is 1. The van der Waals surface area contributed by atoms with Crippen molar-refractivity contribution in [1.82, 2.24) is 9.80 Å². The number of piperidine rings is 1. The Balaban J connectivity index is 1.66. The molecule has 0 aromatic heterocycles. The number of amides is 1. The monoisotopic (exact) mass is 291 g/mol. The molecule has 0 saturated carbocycles. The number of benzene rings is 1. The number of hydrogen-bond acceptors (Lipinski definition) is 3. The van der Waals surface area contributed by atoms with Crippen LogP contribution in [0, 0.1) is 5.82 Å². The molecule has 3 rings (SSSR count). The molecule has 2 N–H and O–H groups in total. The van der Waals surface area contributed by atoms with Gasteiger partial charge in [-0.25, -0.2) is 4.39 Å². The van der Waals surface area contributed by atoms with Gasteiger partial charge in [0.15, 0.2) is 0 Å². The highest BCUT2D eigenvalue weighted by molar-refractivity contribution is 5.95. The summed E-state index contributed by atoms with van der Waals surface area (Å²) < 4.78 is 13.4. The normalized spacial score (nSPS) is 23.5. The van der Waals surface area contributed by atoms with E-state index >= 15 is 0 Å². The molecule has 2 aliphatic heterocycles. The molecule has 5 heteroatoms. The van der Waals surface area contributed by atoms with Crippen LogP contribution in [-0.2, 0) is 0 Å². The van der Waals surface area contributed by atoms with E-state index in [0.717, 1.165) is 32.6 Å². The van der Waals surface area contributed by atoms with E-state index in [1.165, 1.54) is 31.4 Å². The van der Waals surface area contributed by atoms with Crippen LogP contribution >= 0.6 is 0 Å². The molecule has 4 nitrogen and oxygen atoms in total. The van der Waals surface area contributed by atoms with Crippen LogP contribution in [0.15, 0.2) is 18.2 Å². The first-order chi connectivity index (χ1) is 10.1. The molecule has 2 aliphatic rings. The lowest BCUT2D eigenvalue weighted by atomic mass is 10.1. The van der Waals surface area contributed by atoms with Crippen LogP contribution < -0.4 is 5.73 Å². The second kappa shape index (κ2) is 6.02. The van der Waals surface area contributed by atoms with E-state index in [1.54, 1.807) is 6.07 Å². The summed E-state index contributed by atoms with van der Waals surface area (Å²) in [6.07, 6.45) is 4.83. The zero-order chi connectivity index (χ0) is 14.8. The second-order valence-electron chi connectivity index (χ2n) is 6.06. The van der Waals surface area contributed by atoms with Gasteiger partial charge in [0.25, 0.3) is 5.91 Å². The van der Waals surface area contributed by atoms with Crippen molar-refractivity contribution in [2.75, 3.05) is 31.9 Å². The molecule has 1 unspecified atom stereocenters. The fraction of sp³-hybridized carbons (Fsp3) is 0.562. The summed E-state index contributed by atoms with van der Waals surface area (Å²) in [5, 5.41) is 0. The number of nitrogens with zero attached hydrogens (tertiary/aromatic N) is 2. The van der Waals surface area contributed by atoms with Crippen molar-refractivity contribution in [2.24, 2.45) is 0 Å². The first-order valence-corrected chi connectivity index (χ1v) is 7.73. The van der Waals surface area contributed by atoms with Gasteiger partial charge in [-0.3, -0.25) is 9.69 Å². The van der Waals surface area contributed by atoms with Crippen LogP contribution in [0.2, 0.25) is 0 Å². The number of anilines is 1. The minimum atomic E-state index is -0.454. The van der Waals surface area contributed by atoms with E-state index in [2.05, 4.69) is 4.90 Å². The van der Waals surface area contributed by atoms with E-state index in [4.69, 9.17) is 5.73 Å². The van der Waals surface area contributed by atoms with Crippen molar-refractivity contribution in [1.29, 1.82) is 0 Å². The fourth-order valence-electron chi connectivity index (χ4n) is 3.43. The van der Waals surface area contributed by atoms with Crippen LogP contribution in [0.25, 0.3) is 0 Å². The Morgan fingerprint density at radius 3 is 2.62 bits per heavy atom. The Kier molecular flexibility index (Phi) is 4.10. The quantitative estimate of drug-likeness (QED) is 0.849. The Morgan fingerprint density at radius 2 is 1.90 bits per heavy atom. The molecule has 0 bridgehead atoms. The van der Waals surface area contributed by atoms with E-state index in [-0.39, 0.29) is 5.91 Å². The largest absolute Gasteiger partial charge is 0.399 e. The second-order valence-corrected chi connectivity index (χ2v) is 6.06. The Morgan fingerprint density at radius 1 is 1.14 bits per heavy atom. The Hall–Kier alpha value is -1.62. The van der Waals surface area contributed by atoms with Crippen molar-refractivity contribution >= 4 is 11.6 Å². The Labute approximate surface area is 124 Å². The topological polar surface area (TPSA) is 49.6 Å². The summed E-state index contributed by atoms with van der Waals surface area (Å²) >= 11 is 0. The van der Waals surface area contributed by atoms with Gasteiger partial charge in [-0.15, -0.1) is 0 Å². The van der Waals surface area contributed by atoms with Crippen molar-refractivity contribution in [3.63, 3.8) is 0 Å². The van der Waals surface area contributed by atoms with Crippen molar-refractivity contribution < 1.29 is 9.18 Å². The molecule has 0 aliphatic carbocycles. The maximum Gasteiger partial charge on any atom is 0.254 e. The molecule has 21 heavy (non-hydrogen) atoms. The van der Waals surface area contributed by atoms with Gasteiger partial charge in [0.1, 0.15) is 5.82 Å². The molecular formula is C16H22FN3O. The lowest BCUT2D eigenvalue weighted by Gasteiger charge is -2.32. The molecule has 2 fully saturated rings. The van der Waals surface area contributed by atoms with E-state index in [0.29, 0.717) is 17.3 Å². The highest BCUT2D eigenvalue weighted by Crippen LogP contribution is 2.22. The number of rotatable bonds is 2. The summed E-state index contributed by atoms with van der Waals surface area (Å²) in [6, 6.07) is 4.52. The van der Waals surface area contributed by atoms with E-state index < -0.39 is 5.82 Å². The van der Waals surface area contributed by atoms with E-state index in [1.807, 2.05) is 4.90 Å². The molecule has 1 atom stereocenters. The van der Waals surface area contributed by atoms with E-state index in [9.17, 15) is 9.18 Å². The van der Waals surface area contributed by atoms with Gasteiger partial charge >= 0.3 is 0 Å². The summed E-state index contributed by atoms with van der Waals surface area (Å²) in [4.78, 5) is 16.8. The lowest BCUT2D eigenvalue weighted by Crippen LogP contribution is -2.41. The number of nitrogens with two attached hydrogens (primary N) is 1. The average molecular weight is 291 g/mol. The zero-order valence-corrected chi connectivity index (χ0v) is 12.2. The van der Waals surface area contributed by atoms with Gasteiger partial charge in [0.2, 0.25) is 0 Å². The van der Waals surface area contributed by atoms with Crippen LogP contribution in [0.1, 0.15) is 36.0 Å². The third kappa shape index (κ3) is 3.18. The molecule has 0 radical (unpaired) electrons. The first-order valence-electron chi connectivity index (χ1n) is 7.73. The first kappa shape index (κ1) is 14.3. The highest BCUT2D eigenvalue weighted by atomic mass is 19.1. The highest BCUT2D eigenvalue weighted by Gasteiger charge is 2.31. The van der Waals surface area contributed by atoms with Crippen LogP contribution in [0.5, 0.6) is 0 Å². The van der Waals surface area contributed by atoms with Crippen molar-refractivity contribution in [3.05, 3.63) is 29.6 Å². The summed E-state index contributed by atoms with van der Waals surface area (Å²) in [6.45, 7) is 3.77. The third-order valence-corrected chi connectivity index (χ3v) is 4.52. The fourth-order valence-corrected chi connectivity index (χ4v) is 3.43. The van der Waals surface area contributed by atoms with Crippen molar-refractivity contribution in [2.45, 2.75) is 31.7 Å². The molecule has 0 spiro atoms. The van der Waals surface area contributed by atoms with Crippen LogP contribution in [-0.4, -0.2) is 47.9 Å². The lowest BCUT2D eigenvalue weighted by molar-refractivity contribution is 0.0771. The van der Waals surface area contributed by atoms with Gasteiger partial charge in [0, 0.05) is 30.4 Å². The SMILES string of the molecule is Nc1cc(F)cc(C(=O)N2CCC(N3CCCCC3)C2)c1. The third-order valence-electron chi connectivity index (χ3n) is 4.52. The molecule has 2 heterocycles. The molecule has 1 aromatic carbocycles. The standard InChI is InChI=1S/C16H22FN3O/c17-13-8-12(9-14(18)10-13)16(21)20-7-4-15(11-20)19-5-2-1-3-6-19/h8-10,15H,1-7,11,18H2. The number of likely N-dealkylation sites (tertiary alicyclic amines) is 2. The zero-order valence-electron chi connectivity index (χ0n) is 12.2. The molecule has 2 saturated heterocycles. The van der Waals surface area contributed by atoms with Crippen LogP contribution in [0.4, 0.5) is 10.1 Å². The minimum Gasteiger partial charge on any atom is -0.399 e. The molecule has 114 valence electrons. The average Bonchev–Trinajstić information content (AvgIpc) is 2.96. The smallest absolute Gasteiger partial charge is 0.254 e. The van der Waals surface area contributed by atoms with Crippen molar-refractivity contribution in [3.8, 4) is 0 Å². The molecule has 1 aromatic rings. The van der Waals surface area contributed by atoms with Gasteiger partial charge < -0.3 is 10.6 Å². The maximum atomic E-state index is 13.4. The Bertz CT molecular complexity index is 508. The molecule has 1 amide bonds. The van der Waals surface area contributed by atoms with Crippen LogP contribution in [0.3, 0.4) is 0 Å². The minimum absolute atomic E-state index is 0.110. The predicted molar refractivity (Wildman–Crippen MR) is 80.5 cm³/mol. The number of hydrogen-bond donors (Lipinski definition) is 1.